The van der Waals surface area contributed by atoms with Gasteiger partial charge in [0.2, 0.25) is 15.9 Å². The summed E-state index contributed by atoms with van der Waals surface area (Å²) in [5.41, 5.74) is 1.64. The Balaban J connectivity index is 1.75. The summed E-state index contributed by atoms with van der Waals surface area (Å²) in [6, 6.07) is 18.8. The molecule has 2 N–H and O–H groups in total. The molecule has 1 amide bonds. The Bertz CT molecular complexity index is 1060. The van der Waals surface area contributed by atoms with Gasteiger partial charge < -0.3 is 5.32 Å². The molecule has 0 radical (unpaired) electrons. The van der Waals surface area contributed by atoms with Crippen LogP contribution in [0.4, 0.5) is 5.69 Å². The summed E-state index contributed by atoms with van der Waals surface area (Å²) in [6.45, 7) is 3.44. The summed E-state index contributed by atoms with van der Waals surface area (Å²) < 4.78 is 27.6. The average molecular weight is 368 g/mol. The maximum absolute atomic E-state index is 12.6. The van der Waals surface area contributed by atoms with Crippen LogP contribution in [0.5, 0.6) is 0 Å². The van der Waals surface area contributed by atoms with Gasteiger partial charge in [-0.05, 0) is 54.4 Å². The highest BCUT2D eigenvalue weighted by atomic mass is 32.2. The Hall–Kier alpha value is -2.70. The Labute approximate surface area is 153 Å². The van der Waals surface area contributed by atoms with E-state index in [-0.39, 0.29) is 4.90 Å². The lowest BCUT2D eigenvalue weighted by Gasteiger charge is -2.15. The molecule has 6 heteroatoms. The van der Waals surface area contributed by atoms with Crippen LogP contribution in [0, 0.1) is 6.92 Å². The number of nitrogens with one attached hydrogen (secondary N) is 2. The quantitative estimate of drug-likeness (QED) is 0.724. The van der Waals surface area contributed by atoms with Crippen LogP contribution in [0.3, 0.4) is 0 Å². The molecule has 0 fully saturated rings. The van der Waals surface area contributed by atoms with Gasteiger partial charge in [-0.1, -0.05) is 42.5 Å². The van der Waals surface area contributed by atoms with Gasteiger partial charge in [0.25, 0.3) is 0 Å². The van der Waals surface area contributed by atoms with Crippen molar-refractivity contribution in [1.82, 2.24) is 4.72 Å². The van der Waals surface area contributed by atoms with Gasteiger partial charge in [-0.2, -0.15) is 4.72 Å². The molecule has 134 valence electrons. The minimum atomic E-state index is -3.81. The molecule has 0 aliphatic heterocycles. The van der Waals surface area contributed by atoms with Crippen LogP contribution in [0.15, 0.2) is 71.6 Å². The Kier molecular flexibility index (Phi) is 5.06. The minimum absolute atomic E-state index is 0.131. The fourth-order valence-corrected chi connectivity index (χ4v) is 3.90. The SMILES string of the molecule is Cc1cccc(NC(=O)[C@H](C)NS(=O)(=O)c2ccc3ccccc3c2)c1. The van der Waals surface area contributed by atoms with Gasteiger partial charge >= 0.3 is 0 Å². The fourth-order valence-electron chi connectivity index (χ4n) is 2.66. The number of benzene rings is 3. The summed E-state index contributed by atoms with van der Waals surface area (Å²) in [5.74, 6) is -0.417. The van der Waals surface area contributed by atoms with Gasteiger partial charge in [-0.15, -0.1) is 0 Å². The van der Waals surface area contributed by atoms with E-state index in [0.717, 1.165) is 16.3 Å². The highest BCUT2D eigenvalue weighted by Gasteiger charge is 2.22. The number of carbonyl (C=O) groups is 1. The number of rotatable bonds is 5. The molecule has 5 nitrogen and oxygen atoms in total. The van der Waals surface area contributed by atoms with E-state index in [1.54, 1.807) is 18.2 Å². The molecule has 0 aromatic heterocycles. The van der Waals surface area contributed by atoms with Crippen LogP contribution >= 0.6 is 0 Å². The third-order valence-electron chi connectivity index (χ3n) is 4.04. The largest absolute Gasteiger partial charge is 0.325 e. The lowest BCUT2D eigenvalue weighted by molar-refractivity contribution is -0.117. The van der Waals surface area contributed by atoms with Crippen molar-refractivity contribution in [3.63, 3.8) is 0 Å². The third-order valence-corrected chi connectivity index (χ3v) is 5.58. The van der Waals surface area contributed by atoms with Crippen LogP contribution in [-0.4, -0.2) is 20.4 Å². The number of hydrogen-bond donors (Lipinski definition) is 2. The standard InChI is InChI=1S/C20H20N2O3S/c1-14-6-5-9-18(12-14)21-20(23)15(2)22-26(24,25)19-11-10-16-7-3-4-8-17(16)13-19/h3-13,15,22H,1-2H3,(H,21,23)/t15-/m0/s1. The zero-order valence-corrected chi connectivity index (χ0v) is 15.4. The monoisotopic (exact) mass is 368 g/mol. The smallest absolute Gasteiger partial charge is 0.242 e. The Morgan fingerprint density at radius 3 is 2.38 bits per heavy atom. The van der Waals surface area contributed by atoms with E-state index >= 15 is 0 Å². The van der Waals surface area contributed by atoms with E-state index in [4.69, 9.17) is 0 Å². The molecule has 26 heavy (non-hydrogen) atoms. The van der Waals surface area contributed by atoms with E-state index in [1.165, 1.54) is 13.0 Å². The molecule has 0 unspecified atom stereocenters. The van der Waals surface area contributed by atoms with E-state index in [1.807, 2.05) is 49.4 Å². The second kappa shape index (κ2) is 7.27. The molecule has 0 saturated heterocycles. The van der Waals surface area contributed by atoms with E-state index < -0.39 is 22.0 Å². The lowest BCUT2D eigenvalue weighted by Crippen LogP contribution is -2.41. The predicted octanol–water partition coefficient (Wildman–Crippen LogP) is 3.45. The topological polar surface area (TPSA) is 75.3 Å². The van der Waals surface area contributed by atoms with Crippen molar-refractivity contribution in [2.75, 3.05) is 5.32 Å². The number of anilines is 1. The number of hydrogen-bond acceptors (Lipinski definition) is 3. The minimum Gasteiger partial charge on any atom is -0.325 e. The lowest BCUT2D eigenvalue weighted by atomic mass is 10.1. The van der Waals surface area contributed by atoms with Crippen molar-refractivity contribution in [1.29, 1.82) is 0 Å². The molecule has 3 aromatic carbocycles. The van der Waals surface area contributed by atoms with Gasteiger partial charge in [0.1, 0.15) is 0 Å². The maximum Gasteiger partial charge on any atom is 0.242 e. The number of carbonyl (C=O) groups excluding carboxylic acids is 1. The summed E-state index contributed by atoms with van der Waals surface area (Å²) in [6.07, 6.45) is 0. The first-order chi connectivity index (χ1) is 12.3. The molecule has 3 rings (SSSR count). The highest BCUT2D eigenvalue weighted by molar-refractivity contribution is 7.89. The van der Waals surface area contributed by atoms with Gasteiger partial charge in [0.15, 0.2) is 0 Å². The highest BCUT2D eigenvalue weighted by Crippen LogP contribution is 2.19. The van der Waals surface area contributed by atoms with Crippen molar-refractivity contribution < 1.29 is 13.2 Å². The number of aryl methyl sites for hydroxylation is 1. The number of fused-ring (bicyclic) bond motifs is 1. The van der Waals surface area contributed by atoms with Gasteiger partial charge in [-0.3, -0.25) is 4.79 Å². The van der Waals surface area contributed by atoms with Crippen molar-refractivity contribution >= 4 is 32.4 Å². The van der Waals surface area contributed by atoms with E-state index in [0.29, 0.717) is 5.69 Å². The van der Waals surface area contributed by atoms with Crippen LogP contribution in [0.1, 0.15) is 12.5 Å². The third kappa shape index (κ3) is 4.09. The van der Waals surface area contributed by atoms with Crippen LogP contribution in [0.2, 0.25) is 0 Å². The normalized spacial score (nSPS) is 12.7. The Morgan fingerprint density at radius 2 is 1.65 bits per heavy atom. The summed E-state index contributed by atoms with van der Waals surface area (Å²) in [4.78, 5) is 12.4. The first-order valence-corrected chi connectivity index (χ1v) is 9.72. The van der Waals surface area contributed by atoms with E-state index in [9.17, 15) is 13.2 Å². The average Bonchev–Trinajstić information content (AvgIpc) is 2.61. The predicted molar refractivity (Wildman–Crippen MR) is 104 cm³/mol. The van der Waals surface area contributed by atoms with Crippen LogP contribution in [-0.2, 0) is 14.8 Å². The molecular weight excluding hydrogens is 348 g/mol. The Morgan fingerprint density at radius 1 is 0.923 bits per heavy atom. The second-order valence-electron chi connectivity index (χ2n) is 6.21. The summed E-state index contributed by atoms with van der Waals surface area (Å²) in [5, 5.41) is 4.50. The van der Waals surface area contributed by atoms with Gasteiger partial charge in [0, 0.05) is 5.69 Å². The van der Waals surface area contributed by atoms with Gasteiger partial charge in [0.05, 0.1) is 10.9 Å². The molecule has 0 aliphatic rings. The molecule has 0 spiro atoms. The zero-order valence-electron chi connectivity index (χ0n) is 14.6. The molecular formula is C20H20N2O3S. The van der Waals surface area contributed by atoms with Gasteiger partial charge in [-0.25, -0.2) is 8.42 Å². The summed E-state index contributed by atoms with van der Waals surface area (Å²) in [7, 11) is -3.81. The molecule has 0 aliphatic carbocycles. The first kappa shape index (κ1) is 18.1. The molecule has 0 saturated carbocycles. The van der Waals surface area contributed by atoms with Crippen LogP contribution < -0.4 is 10.0 Å². The fraction of sp³-hybridized carbons (Fsp3) is 0.150. The van der Waals surface area contributed by atoms with Crippen molar-refractivity contribution in [2.24, 2.45) is 0 Å². The second-order valence-corrected chi connectivity index (χ2v) is 7.92. The number of sulfonamides is 1. The van der Waals surface area contributed by atoms with Crippen molar-refractivity contribution in [2.45, 2.75) is 24.8 Å². The van der Waals surface area contributed by atoms with Crippen molar-refractivity contribution in [3.05, 3.63) is 72.3 Å². The van der Waals surface area contributed by atoms with Crippen molar-refractivity contribution in [3.8, 4) is 0 Å². The number of amides is 1. The zero-order chi connectivity index (χ0) is 18.7. The maximum atomic E-state index is 12.6. The van der Waals surface area contributed by atoms with Crippen LogP contribution in [0.25, 0.3) is 10.8 Å². The van der Waals surface area contributed by atoms with E-state index in [2.05, 4.69) is 10.0 Å². The molecule has 1 atom stereocenters. The molecule has 0 heterocycles. The summed E-state index contributed by atoms with van der Waals surface area (Å²) >= 11 is 0. The molecule has 3 aromatic rings. The first-order valence-electron chi connectivity index (χ1n) is 8.24. The molecule has 0 bridgehead atoms.